The van der Waals surface area contributed by atoms with Crippen molar-refractivity contribution >= 4 is 28.1 Å². The van der Waals surface area contributed by atoms with Gasteiger partial charge in [0, 0.05) is 17.1 Å². The summed E-state index contributed by atoms with van der Waals surface area (Å²) in [5.41, 5.74) is 0.520. The van der Waals surface area contributed by atoms with Gasteiger partial charge in [-0.3, -0.25) is 14.9 Å². The van der Waals surface area contributed by atoms with Crippen molar-refractivity contribution < 1.29 is 19.2 Å². The topological polar surface area (TPSA) is 90.7 Å². The molecule has 27 heavy (non-hydrogen) atoms. The Morgan fingerprint density at radius 2 is 1.81 bits per heavy atom. The third kappa shape index (κ3) is 3.98. The van der Waals surface area contributed by atoms with Crippen LogP contribution in [0.25, 0.3) is 10.8 Å². The molecule has 0 spiro atoms. The number of rotatable bonds is 6. The van der Waals surface area contributed by atoms with Crippen LogP contribution >= 0.6 is 0 Å². The maximum Gasteiger partial charge on any atom is 0.273 e. The van der Waals surface area contributed by atoms with Crippen molar-refractivity contribution in [2.45, 2.75) is 13.0 Å². The van der Waals surface area contributed by atoms with Gasteiger partial charge >= 0.3 is 0 Å². The predicted octanol–water partition coefficient (Wildman–Crippen LogP) is 4.16. The SMILES string of the molecule is COc1ccc([N+](=O)[O-])cc1OC(C)C(=O)Nc1cccc2ccccc12. The quantitative estimate of drug-likeness (QED) is 0.522. The van der Waals surface area contributed by atoms with Crippen LogP contribution in [-0.2, 0) is 4.79 Å². The molecule has 3 aromatic carbocycles. The zero-order valence-electron chi connectivity index (χ0n) is 14.8. The number of nitro groups is 1. The number of non-ortho nitro benzene ring substituents is 1. The molecular formula is C20H18N2O5. The molecule has 0 aromatic heterocycles. The van der Waals surface area contributed by atoms with Gasteiger partial charge in [0.05, 0.1) is 18.1 Å². The number of nitrogens with zero attached hydrogens (tertiary/aromatic N) is 1. The Morgan fingerprint density at radius 3 is 2.56 bits per heavy atom. The van der Waals surface area contributed by atoms with Crippen LogP contribution in [0.4, 0.5) is 11.4 Å². The summed E-state index contributed by atoms with van der Waals surface area (Å²) in [7, 11) is 1.43. The number of hydrogen-bond donors (Lipinski definition) is 1. The summed E-state index contributed by atoms with van der Waals surface area (Å²) in [6.07, 6.45) is -0.889. The van der Waals surface area contributed by atoms with E-state index in [1.807, 2.05) is 36.4 Å². The van der Waals surface area contributed by atoms with Crippen molar-refractivity contribution in [1.29, 1.82) is 0 Å². The summed E-state index contributed by atoms with van der Waals surface area (Å²) in [4.78, 5) is 23.0. The highest BCUT2D eigenvalue weighted by Gasteiger charge is 2.20. The number of fused-ring (bicyclic) bond motifs is 1. The number of methoxy groups -OCH3 is 1. The minimum Gasteiger partial charge on any atom is -0.493 e. The van der Waals surface area contributed by atoms with E-state index in [0.717, 1.165) is 10.8 Å². The average molecular weight is 366 g/mol. The molecule has 7 nitrogen and oxygen atoms in total. The van der Waals surface area contributed by atoms with Gasteiger partial charge in [-0.2, -0.15) is 0 Å². The molecular weight excluding hydrogens is 348 g/mol. The molecule has 0 saturated heterocycles. The second-order valence-electron chi connectivity index (χ2n) is 5.87. The van der Waals surface area contributed by atoms with Crippen molar-refractivity contribution in [1.82, 2.24) is 0 Å². The zero-order chi connectivity index (χ0) is 19.4. The van der Waals surface area contributed by atoms with Crippen LogP contribution in [0.2, 0.25) is 0 Å². The lowest BCUT2D eigenvalue weighted by atomic mass is 10.1. The van der Waals surface area contributed by atoms with Gasteiger partial charge < -0.3 is 14.8 Å². The van der Waals surface area contributed by atoms with Crippen molar-refractivity contribution in [3.63, 3.8) is 0 Å². The highest BCUT2D eigenvalue weighted by molar-refractivity contribution is 6.03. The first kappa shape index (κ1) is 18.2. The molecule has 0 aliphatic heterocycles. The van der Waals surface area contributed by atoms with Gasteiger partial charge in [-0.1, -0.05) is 36.4 Å². The summed E-state index contributed by atoms with van der Waals surface area (Å²) in [5.74, 6) is 0.0672. The minimum absolute atomic E-state index is 0.132. The van der Waals surface area contributed by atoms with Gasteiger partial charge in [0.1, 0.15) is 0 Å². The molecule has 1 amide bonds. The van der Waals surface area contributed by atoms with Crippen molar-refractivity contribution in [2.75, 3.05) is 12.4 Å². The van der Waals surface area contributed by atoms with Gasteiger partial charge in [0.2, 0.25) is 0 Å². The van der Waals surface area contributed by atoms with Gasteiger partial charge in [-0.25, -0.2) is 0 Å². The molecule has 0 aliphatic rings. The van der Waals surface area contributed by atoms with E-state index in [1.54, 1.807) is 13.0 Å². The zero-order valence-corrected chi connectivity index (χ0v) is 14.8. The Kier molecular flexibility index (Phi) is 5.21. The van der Waals surface area contributed by atoms with Crippen LogP contribution in [0.3, 0.4) is 0 Å². The number of anilines is 1. The second kappa shape index (κ2) is 7.74. The van der Waals surface area contributed by atoms with Crippen LogP contribution < -0.4 is 14.8 Å². The van der Waals surface area contributed by atoms with Crippen LogP contribution in [0.15, 0.2) is 60.7 Å². The molecule has 0 aliphatic carbocycles. The lowest BCUT2D eigenvalue weighted by Crippen LogP contribution is -2.30. The highest BCUT2D eigenvalue weighted by atomic mass is 16.6. The lowest BCUT2D eigenvalue weighted by Gasteiger charge is -2.17. The van der Waals surface area contributed by atoms with Gasteiger partial charge in [-0.05, 0) is 24.4 Å². The summed E-state index contributed by atoms with van der Waals surface area (Å²) >= 11 is 0. The van der Waals surface area contributed by atoms with E-state index < -0.39 is 11.0 Å². The van der Waals surface area contributed by atoms with E-state index in [4.69, 9.17) is 9.47 Å². The molecule has 138 valence electrons. The van der Waals surface area contributed by atoms with Gasteiger partial charge in [0.25, 0.3) is 11.6 Å². The molecule has 0 bridgehead atoms. The number of amides is 1. The fraction of sp³-hybridized carbons (Fsp3) is 0.150. The maximum absolute atomic E-state index is 12.6. The average Bonchev–Trinajstić information content (AvgIpc) is 2.68. The van der Waals surface area contributed by atoms with E-state index in [2.05, 4.69) is 5.32 Å². The van der Waals surface area contributed by atoms with Crippen LogP contribution in [0, 0.1) is 10.1 Å². The summed E-state index contributed by atoms with van der Waals surface area (Å²) < 4.78 is 10.8. The third-order valence-electron chi connectivity index (χ3n) is 4.08. The molecule has 0 radical (unpaired) electrons. The number of ether oxygens (including phenoxy) is 2. The standard InChI is InChI=1S/C20H18N2O5/c1-13(27-19-12-15(22(24)25)10-11-18(19)26-2)20(23)21-17-9-5-7-14-6-3-4-8-16(14)17/h3-13H,1-2H3,(H,21,23). The molecule has 1 unspecified atom stereocenters. The summed E-state index contributed by atoms with van der Waals surface area (Å²) in [5, 5.41) is 15.7. The first-order valence-electron chi connectivity index (χ1n) is 8.27. The van der Waals surface area contributed by atoms with Gasteiger partial charge in [-0.15, -0.1) is 0 Å². The van der Waals surface area contributed by atoms with E-state index in [-0.39, 0.29) is 17.3 Å². The molecule has 0 heterocycles. The monoisotopic (exact) mass is 366 g/mol. The largest absolute Gasteiger partial charge is 0.493 e. The summed E-state index contributed by atoms with van der Waals surface area (Å²) in [6, 6.07) is 17.3. The fourth-order valence-corrected chi connectivity index (χ4v) is 2.68. The normalized spacial score (nSPS) is 11.6. The Bertz CT molecular complexity index is 997. The van der Waals surface area contributed by atoms with E-state index in [9.17, 15) is 14.9 Å². The molecule has 1 atom stereocenters. The summed E-state index contributed by atoms with van der Waals surface area (Å²) in [6.45, 7) is 1.57. The van der Waals surface area contributed by atoms with E-state index >= 15 is 0 Å². The van der Waals surface area contributed by atoms with Crippen molar-refractivity contribution in [3.05, 3.63) is 70.8 Å². The minimum atomic E-state index is -0.889. The maximum atomic E-state index is 12.6. The molecule has 1 N–H and O–H groups in total. The van der Waals surface area contributed by atoms with Crippen LogP contribution in [0.5, 0.6) is 11.5 Å². The fourth-order valence-electron chi connectivity index (χ4n) is 2.68. The molecule has 0 saturated carbocycles. The van der Waals surface area contributed by atoms with Crippen molar-refractivity contribution in [3.8, 4) is 11.5 Å². The number of nitro benzene ring substituents is 1. The first-order valence-corrected chi connectivity index (χ1v) is 8.27. The van der Waals surface area contributed by atoms with E-state index in [0.29, 0.717) is 11.4 Å². The molecule has 3 rings (SSSR count). The lowest BCUT2D eigenvalue weighted by molar-refractivity contribution is -0.385. The number of hydrogen-bond acceptors (Lipinski definition) is 5. The number of benzene rings is 3. The van der Waals surface area contributed by atoms with Crippen LogP contribution in [0.1, 0.15) is 6.92 Å². The first-order chi connectivity index (χ1) is 13.0. The second-order valence-corrected chi connectivity index (χ2v) is 5.87. The highest BCUT2D eigenvalue weighted by Crippen LogP contribution is 2.32. The van der Waals surface area contributed by atoms with Crippen LogP contribution in [-0.4, -0.2) is 24.0 Å². The Hall–Kier alpha value is -3.61. The predicted molar refractivity (Wildman–Crippen MR) is 102 cm³/mol. The van der Waals surface area contributed by atoms with Gasteiger partial charge in [0.15, 0.2) is 17.6 Å². The molecule has 0 fully saturated rings. The number of carbonyl (C=O) groups excluding carboxylic acids is 1. The molecule has 3 aromatic rings. The smallest absolute Gasteiger partial charge is 0.273 e. The Balaban J connectivity index is 1.80. The van der Waals surface area contributed by atoms with Crippen molar-refractivity contribution in [2.24, 2.45) is 0 Å². The molecule has 7 heteroatoms. The number of carbonyl (C=O) groups is 1. The van der Waals surface area contributed by atoms with E-state index in [1.165, 1.54) is 25.3 Å². The Labute approximate surface area is 155 Å². The Morgan fingerprint density at radius 1 is 1.07 bits per heavy atom. The third-order valence-corrected chi connectivity index (χ3v) is 4.08. The number of nitrogens with one attached hydrogen (secondary N) is 1.